The molecule has 0 saturated heterocycles. The van der Waals surface area contributed by atoms with E-state index < -0.39 is 16.0 Å². The molecule has 0 amide bonds. The first-order valence-corrected chi connectivity index (χ1v) is 11.9. The van der Waals surface area contributed by atoms with Crippen molar-refractivity contribution in [3.05, 3.63) is 66.0 Å². The highest BCUT2D eigenvalue weighted by molar-refractivity contribution is 7.89. The first-order valence-electron chi connectivity index (χ1n) is 10.4. The van der Waals surface area contributed by atoms with Gasteiger partial charge in [-0.1, -0.05) is 25.5 Å². The number of nitrogens with two attached hydrogens (primary N) is 1. The predicted molar refractivity (Wildman–Crippen MR) is 122 cm³/mol. The third kappa shape index (κ3) is 6.36. The van der Waals surface area contributed by atoms with Crippen molar-refractivity contribution < 1.29 is 27.1 Å². The maximum absolute atomic E-state index is 13.5. The lowest BCUT2D eigenvalue weighted by Gasteiger charge is -2.17. The van der Waals surface area contributed by atoms with Crippen LogP contribution < -0.4 is 9.88 Å². The zero-order valence-electron chi connectivity index (χ0n) is 18.4. The molecule has 174 valence electrons. The van der Waals surface area contributed by atoms with Crippen LogP contribution in [0, 0.1) is 5.82 Å². The zero-order chi connectivity index (χ0) is 24.0. The molecule has 9 heteroatoms. The molecule has 0 aliphatic heterocycles. The van der Waals surface area contributed by atoms with Gasteiger partial charge >= 0.3 is 5.97 Å². The van der Waals surface area contributed by atoms with Crippen LogP contribution in [0.25, 0.3) is 22.4 Å². The number of pyridine rings is 1. The van der Waals surface area contributed by atoms with Crippen molar-refractivity contribution in [2.75, 3.05) is 6.61 Å². The topological polar surface area (TPSA) is 109 Å². The minimum Gasteiger partial charge on any atom is -0.477 e. The van der Waals surface area contributed by atoms with Gasteiger partial charge in [0.15, 0.2) is 0 Å². The Kier molecular flexibility index (Phi) is 7.78. The third-order valence-electron chi connectivity index (χ3n) is 4.84. The smallest absolute Gasteiger partial charge is 0.302 e. The van der Waals surface area contributed by atoms with E-state index in [-0.39, 0.29) is 17.3 Å². The van der Waals surface area contributed by atoms with Crippen LogP contribution in [0.3, 0.4) is 0 Å². The molecule has 3 rings (SSSR count). The van der Waals surface area contributed by atoms with E-state index in [2.05, 4.69) is 0 Å². The van der Waals surface area contributed by atoms with Crippen molar-refractivity contribution in [3.8, 4) is 28.3 Å². The van der Waals surface area contributed by atoms with Gasteiger partial charge in [0.05, 0.1) is 22.8 Å². The summed E-state index contributed by atoms with van der Waals surface area (Å²) in [4.78, 5) is 16.1. The minimum absolute atomic E-state index is 0.0257. The molecule has 0 fully saturated rings. The number of primary sulfonamides is 1. The summed E-state index contributed by atoms with van der Waals surface area (Å²) in [5.41, 5.74) is 2.99. The van der Waals surface area contributed by atoms with Gasteiger partial charge in [0.25, 0.3) is 0 Å². The highest BCUT2D eigenvalue weighted by Crippen LogP contribution is 2.35. The molecule has 0 unspecified atom stereocenters. The number of rotatable bonds is 9. The predicted octanol–water partition coefficient (Wildman–Crippen LogP) is 4.44. The van der Waals surface area contributed by atoms with Gasteiger partial charge in [-0.15, -0.1) is 0 Å². The minimum atomic E-state index is -3.85. The third-order valence-corrected chi connectivity index (χ3v) is 5.77. The Morgan fingerprint density at radius 1 is 1.06 bits per heavy atom. The van der Waals surface area contributed by atoms with Gasteiger partial charge in [0, 0.05) is 18.1 Å². The van der Waals surface area contributed by atoms with Crippen LogP contribution in [-0.2, 0) is 26.2 Å². The number of hydrogen-bond acceptors (Lipinski definition) is 6. The van der Waals surface area contributed by atoms with Crippen molar-refractivity contribution >= 4 is 16.0 Å². The summed E-state index contributed by atoms with van der Waals surface area (Å²) in [6.07, 6.45) is 1.75. The fourth-order valence-corrected chi connectivity index (χ4v) is 3.65. The molecule has 0 aliphatic rings. The summed E-state index contributed by atoms with van der Waals surface area (Å²) in [6.45, 7) is 3.73. The molecular weight excluding hydrogens is 447 g/mol. The highest BCUT2D eigenvalue weighted by atomic mass is 32.2. The average Bonchev–Trinajstić information content (AvgIpc) is 2.78. The van der Waals surface area contributed by atoms with Crippen molar-refractivity contribution in [2.45, 2.75) is 38.2 Å². The summed E-state index contributed by atoms with van der Waals surface area (Å²) >= 11 is 0. The average molecular weight is 473 g/mol. The van der Waals surface area contributed by atoms with Gasteiger partial charge in [-0.25, -0.2) is 22.9 Å². The van der Waals surface area contributed by atoms with Gasteiger partial charge in [-0.3, -0.25) is 4.79 Å². The molecule has 2 aromatic carbocycles. The summed E-state index contributed by atoms with van der Waals surface area (Å²) in [7, 11) is -3.85. The van der Waals surface area contributed by atoms with E-state index >= 15 is 0 Å². The van der Waals surface area contributed by atoms with E-state index in [4.69, 9.17) is 19.6 Å². The lowest BCUT2D eigenvalue weighted by molar-refractivity contribution is -0.142. The van der Waals surface area contributed by atoms with E-state index in [9.17, 15) is 17.6 Å². The van der Waals surface area contributed by atoms with Crippen molar-refractivity contribution in [1.82, 2.24) is 4.98 Å². The molecular formula is C24H25FN2O5S. The van der Waals surface area contributed by atoms with E-state index in [0.717, 1.165) is 12.8 Å². The van der Waals surface area contributed by atoms with Crippen LogP contribution in [0.2, 0.25) is 0 Å². The molecule has 0 spiro atoms. The maximum atomic E-state index is 13.5. The fraction of sp³-hybridized carbons (Fsp3) is 0.250. The number of nitrogens with zero attached hydrogens (tertiary/aromatic N) is 1. The van der Waals surface area contributed by atoms with Crippen LogP contribution in [0.1, 0.15) is 32.3 Å². The SMILES string of the molecule is CCCCOc1nc(-c2ccc(F)cc2)c(-c2ccc(S(N)(=O)=O)cc2)cc1COC(C)=O. The number of sulfonamides is 1. The molecule has 1 heterocycles. The Labute approximate surface area is 192 Å². The Morgan fingerprint density at radius 2 is 1.70 bits per heavy atom. The van der Waals surface area contributed by atoms with Gasteiger partial charge in [-0.05, 0) is 54.4 Å². The molecule has 3 aromatic rings. The van der Waals surface area contributed by atoms with Crippen LogP contribution in [-0.4, -0.2) is 26.0 Å². The summed E-state index contributed by atoms with van der Waals surface area (Å²) in [5, 5.41) is 5.21. The van der Waals surface area contributed by atoms with E-state index in [1.54, 1.807) is 30.3 Å². The number of esters is 1. The van der Waals surface area contributed by atoms with Crippen LogP contribution >= 0.6 is 0 Å². The number of unbranched alkanes of at least 4 members (excludes halogenated alkanes) is 1. The van der Waals surface area contributed by atoms with E-state index in [0.29, 0.717) is 40.4 Å². The maximum Gasteiger partial charge on any atom is 0.302 e. The molecule has 33 heavy (non-hydrogen) atoms. The van der Waals surface area contributed by atoms with Gasteiger partial charge < -0.3 is 9.47 Å². The van der Waals surface area contributed by atoms with Gasteiger partial charge in [0.1, 0.15) is 12.4 Å². The van der Waals surface area contributed by atoms with Crippen LogP contribution in [0.4, 0.5) is 4.39 Å². The number of aromatic nitrogens is 1. The molecule has 0 aliphatic carbocycles. The number of carbonyl (C=O) groups excluding carboxylic acids is 1. The van der Waals surface area contributed by atoms with Crippen molar-refractivity contribution in [3.63, 3.8) is 0 Å². The second kappa shape index (κ2) is 10.5. The summed E-state index contributed by atoms with van der Waals surface area (Å²) in [6, 6.07) is 13.6. The second-order valence-corrected chi connectivity index (χ2v) is 8.97. The lowest BCUT2D eigenvalue weighted by Crippen LogP contribution is -2.11. The molecule has 0 radical (unpaired) electrons. The largest absolute Gasteiger partial charge is 0.477 e. The molecule has 0 saturated carbocycles. The Balaban J connectivity index is 2.17. The second-order valence-electron chi connectivity index (χ2n) is 7.41. The molecule has 0 bridgehead atoms. The Bertz CT molecular complexity index is 1230. The number of hydrogen-bond donors (Lipinski definition) is 1. The van der Waals surface area contributed by atoms with Crippen LogP contribution in [0.15, 0.2) is 59.5 Å². The van der Waals surface area contributed by atoms with Crippen molar-refractivity contribution in [1.29, 1.82) is 0 Å². The van der Waals surface area contributed by atoms with E-state index in [1.807, 2.05) is 6.92 Å². The standard InChI is InChI=1S/C24H25FN2O5S/c1-3-4-13-31-24-19(15-32-16(2)28)14-22(17-7-11-21(12-8-17)33(26,29)30)23(27-24)18-5-9-20(25)10-6-18/h5-12,14H,3-4,13,15H2,1-2H3,(H2,26,29,30). The van der Waals surface area contributed by atoms with Gasteiger partial charge in [0.2, 0.25) is 15.9 Å². The molecule has 2 N–H and O–H groups in total. The number of benzene rings is 2. The summed E-state index contributed by atoms with van der Waals surface area (Å²) in [5.74, 6) is -0.520. The normalized spacial score (nSPS) is 11.3. The Hall–Kier alpha value is -3.30. The first kappa shape index (κ1) is 24.3. The number of carbonyl (C=O) groups is 1. The number of halogens is 1. The monoisotopic (exact) mass is 472 g/mol. The van der Waals surface area contributed by atoms with Gasteiger partial charge in [-0.2, -0.15) is 0 Å². The molecule has 1 aromatic heterocycles. The first-order chi connectivity index (χ1) is 15.7. The molecule has 7 nitrogen and oxygen atoms in total. The number of ether oxygens (including phenoxy) is 2. The summed E-state index contributed by atoms with van der Waals surface area (Å²) < 4.78 is 47.9. The molecule has 0 atom stereocenters. The van der Waals surface area contributed by atoms with E-state index in [1.165, 1.54) is 31.2 Å². The van der Waals surface area contributed by atoms with Crippen LogP contribution in [0.5, 0.6) is 5.88 Å². The fourth-order valence-electron chi connectivity index (χ4n) is 3.13. The zero-order valence-corrected chi connectivity index (χ0v) is 19.2. The van der Waals surface area contributed by atoms with Crippen molar-refractivity contribution in [2.24, 2.45) is 5.14 Å². The quantitative estimate of drug-likeness (QED) is 0.364. The Morgan fingerprint density at radius 3 is 2.27 bits per heavy atom. The lowest BCUT2D eigenvalue weighted by atomic mass is 9.97. The highest BCUT2D eigenvalue weighted by Gasteiger charge is 2.18.